The Morgan fingerprint density at radius 1 is 1.45 bits per heavy atom. The SMILES string of the molecule is CC(C)(C)OC(=O)Nc1[nH]ncc1CNCc1csc(Br)c1. The predicted octanol–water partition coefficient (Wildman–Crippen LogP) is 3.87. The van der Waals surface area contributed by atoms with E-state index in [4.69, 9.17) is 4.74 Å². The van der Waals surface area contributed by atoms with Gasteiger partial charge in [-0.05, 0) is 53.7 Å². The van der Waals surface area contributed by atoms with Crippen LogP contribution in [0.25, 0.3) is 0 Å². The fourth-order valence-electron chi connectivity index (χ4n) is 1.74. The highest BCUT2D eigenvalue weighted by molar-refractivity contribution is 9.11. The van der Waals surface area contributed by atoms with E-state index in [-0.39, 0.29) is 0 Å². The first-order chi connectivity index (χ1) is 10.3. The third-order valence-corrected chi connectivity index (χ3v) is 4.16. The second-order valence-electron chi connectivity index (χ2n) is 5.76. The van der Waals surface area contributed by atoms with Crippen molar-refractivity contribution in [3.05, 3.63) is 32.6 Å². The Hall–Kier alpha value is -1.38. The fourth-order valence-corrected chi connectivity index (χ4v) is 2.95. The zero-order chi connectivity index (χ0) is 16.2. The first kappa shape index (κ1) is 17.0. The van der Waals surface area contributed by atoms with Gasteiger partial charge in [0.15, 0.2) is 0 Å². The van der Waals surface area contributed by atoms with E-state index in [1.165, 1.54) is 5.56 Å². The van der Waals surface area contributed by atoms with Crippen LogP contribution >= 0.6 is 27.3 Å². The average molecular weight is 387 g/mol. The normalized spacial score (nSPS) is 11.5. The lowest BCUT2D eigenvalue weighted by atomic mass is 10.2. The van der Waals surface area contributed by atoms with Gasteiger partial charge in [0, 0.05) is 18.7 Å². The van der Waals surface area contributed by atoms with Crippen LogP contribution in [0.3, 0.4) is 0 Å². The topological polar surface area (TPSA) is 79.0 Å². The third kappa shape index (κ3) is 5.43. The number of anilines is 1. The summed E-state index contributed by atoms with van der Waals surface area (Å²) >= 11 is 5.09. The zero-order valence-electron chi connectivity index (χ0n) is 12.7. The van der Waals surface area contributed by atoms with Crippen LogP contribution in [-0.4, -0.2) is 21.9 Å². The molecule has 0 atom stereocenters. The molecule has 120 valence electrons. The van der Waals surface area contributed by atoms with Crippen molar-refractivity contribution in [3.8, 4) is 0 Å². The molecular weight excluding hydrogens is 368 g/mol. The fraction of sp³-hybridized carbons (Fsp3) is 0.429. The molecule has 0 bridgehead atoms. The molecule has 0 saturated carbocycles. The Morgan fingerprint density at radius 3 is 2.86 bits per heavy atom. The Morgan fingerprint density at radius 2 is 2.23 bits per heavy atom. The summed E-state index contributed by atoms with van der Waals surface area (Å²) in [6.45, 7) is 6.80. The molecule has 0 aliphatic rings. The molecule has 0 aromatic carbocycles. The highest BCUT2D eigenvalue weighted by Crippen LogP contribution is 2.20. The number of hydrogen-bond donors (Lipinski definition) is 3. The number of ether oxygens (including phenoxy) is 1. The van der Waals surface area contributed by atoms with E-state index < -0.39 is 11.7 Å². The molecule has 0 radical (unpaired) electrons. The molecule has 2 rings (SSSR count). The summed E-state index contributed by atoms with van der Waals surface area (Å²) in [5.41, 5.74) is 1.55. The van der Waals surface area contributed by atoms with Crippen molar-refractivity contribution in [3.63, 3.8) is 0 Å². The van der Waals surface area contributed by atoms with Crippen molar-refractivity contribution in [1.82, 2.24) is 15.5 Å². The number of H-pyrrole nitrogens is 1. The molecule has 0 saturated heterocycles. The number of nitrogens with zero attached hydrogens (tertiary/aromatic N) is 1. The maximum atomic E-state index is 11.8. The molecular formula is C14H19BrN4O2S. The molecule has 0 spiro atoms. The van der Waals surface area contributed by atoms with Gasteiger partial charge in [-0.2, -0.15) is 5.10 Å². The van der Waals surface area contributed by atoms with Gasteiger partial charge < -0.3 is 10.1 Å². The van der Waals surface area contributed by atoms with Crippen molar-refractivity contribution >= 4 is 39.2 Å². The Kier molecular flexibility index (Phi) is 5.60. The second kappa shape index (κ2) is 7.26. The maximum absolute atomic E-state index is 11.8. The van der Waals surface area contributed by atoms with Crippen LogP contribution < -0.4 is 10.6 Å². The maximum Gasteiger partial charge on any atom is 0.413 e. The smallest absolute Gasteiger partial charge is 0.413 e. The minimum atomic E-state index is -0.533. The van der Waals surface area contributed by atoms with E-state index in [0.717, 1.165) is 15.9 Å². The van der Waals surface area contributed by atoms with E-state index in [2.05, 4.69) is 48.2 Å². The number of carbonyl (C=O) groups is 1. The standard InChI is InChI=1S/C14H19BrN4O2S/c1-14(2,3)21-13(20)18-12-10(7-17-19-12)6-16-5-9-4-11(15)22-8-9/h4,7-8,16H,5-6H2,1-3H3,(H2,17,18,19,20). The molecule has 8 heteroatoms. The molecule has 22 heavy (non-hydrogen) atoms. The lowest BCUT2D eigenvalue weighted by Crippen LogP contribution is -2.27. The van der Waals surface area contributed by atoms with Gasteiger partial charge >= 0.3 is 6.09 Å². The number of rotatable bonds is 5. The summed E-state index contributed by atoms with van der Waals surface area (Å²) in [4.78, 5) is 11.8. The van der Waals surface area contributed by atoms with Crippen molar-refractivity contribution in [2.75, 3.05) is 5.32 Å². The summed E-state index contributed by atoms with van der Waals surface area (Å²) in [5.74, 6) is 0.549. The van der Waals surface area contributed by atoms with Gasteiger partial charge in [0.1, 0.15) is 11.4 Å². The van der Waals surface area contributed by atoms with Crippen molar-refractivity contribution < 1.29 is 9.53 Å². The van der Waals surface area contributed by atoms with Crippen LogP contribution in [0, 0.1) is 0 Å². The van der Waals surface area contributed by atoms with E-state index in [1.54, 1.807) is 17.5 Å². The highest BCUT2D eigenvalue weighted by atomic mass is 79.9. The quantitative estimate of drug-likeness (QED) is 0.728. The molecule has 0 aliphatic heterocycles. The number of amides is 1. The minimum absolute atomic E-state index is 0.500. The van der Waals surface area contributed by atoms with Gasteiger partial charge in [-0.3, -0.25) is 10.4 Å². The first-order valence-corrected chi connectivity index (χ1v) is 8.46. The largest absolute Gasteiger partial charge is 0.444 e. The van der Waals surface area contributed by atoms with E-state index in [1.807, 2.05) is 20.8 Å². The first-order valence-electron chi connectivity index (χ1n) is 6.79. The Labute approximate surface area is 141 Å². The number of thiophene rings is 1. The van der Waals surface area contributed by atoms with E-state index >= 15 is 0 Å². The molecule has 0 unspecified atom stereocenters. The van der Waals surface area contributed by atoms with Gasteiger partial charge in [-0.25, -0.2) is 4.79 Å². The number of aromatic nitrogens is 2. The monoisotopic (exact) mass is 386 g/mol. The molecule has 2 aromatic rings. The van der Waals surface area contributed by atoms with Gasteiger partial charge in [-0.15, -0.1) is 11.3 Å². The van der Waals surface area contributed by atoms with Gasteiger partial charge in [0.2, 0.25) is 0 Å². The molecule has 2 heterocycles. The summed E-state index contributed by atoms with van der Waals surface area (Å²) < 4.78 is 6.33. The van der Waals surface area contributed by atoms with Crippen LogP contribution in [0.1, 0.15) is 31.9 Å². The predicted molar refractivity (Wildman–Crippen MR) is 91.0 cm³/mol. The number of nitrogens with one attached hydrogen (secondary N) is 3. The number of aromatic amines is 1. The number of halogens is 1. The van der Waals surface area contributed by atoms with Crippen LogP contribution in [-0.2, 0) is 17.8 Å². The molecule has 3 N–H and O–H groups in total. The van der Waals surface area contributed by atoms with Crippen molar-refractivity contribution in [1.29, 1.82) is 0 Å². The summed E-state index contributed by atoms with van der Waals surface area (Å²) in [6.07, 6.45) is 1.18. The highest BCUT2D eigenvalue weighted by Gasteiger charge is 2.17. The minimum Gasteiger partial charge on any atom is -0.444 e. The molecule has 1 amide bonds. The van der Waals surface area contributed by atoms with Crippen molar-refractivity contribution in [2.45, 2.75) is 39.5 Å². The molecule has 0 aliphatic carbocycles. The number of carbonyl (C=O) groups excluding carboxylic acids is 1. The lowest BCUT2D eigenvalue weighted by Gasteiger charge is -2.19. The van der Waals surface area contributed by atoms with Crippen LogP contribution in [0.5, 0.6) is 0 Å². The van der Waals surface area contributed by atoms with Gasteiger partial charge in [0.05, 0.1) is 9.98 Å². The van der Waals surface area contributed by atoms with Crippen LogP contribution in [0.15, 0.2) is 21.4 Å². The lowest BCUT2D eigenvalue weighted by molar-refractivity contribution is 0.0635. The van der Waals surface area contributed by atoms with E-state index in [9.17, 15) is 4.79 Å². The zero-order valence-corrected chi connectivity index (χ0v) is 15.1. The van der Waals surface area contributed by atoms with Crippen LogP contribution in [0.4, 0.5) is 10.6 Å². The molecule has 6 nitrogen and oxygen atoms in total. The Balaban J connectivity index is 1.85. The average Bonchev–Trinajstić information content (AvgIpc) is 2.97. The third-order valence-electron chi connectivity index (χ3n) is 2.61. The summed E-state index contributed by atoms with van der Waals surface area (Å²) in [6, 6.07) is 2.08. The molecule has 2 aromatic heterocycles. The summed E-state index contributed by atoms with van der Waals surface area (Å²) in [7, 11) is 0. The second-order valence-corrected chi connectivity index (χ2v) is 8.05. The van der Waals surface area contributed by atoms with Gasteiger partial charge in [-0.1, -0.05) is 0 Å². The van der Waals surface area contributed by atoms with Gasteiger partial charge in [0.25, 0.3) is 0 Å². The van der Waals surface area contributed by atoms with E-state index in [0.29, 0.717) is 12.4 Å². The van der Waals surface area contributed by atoms with Crippen molar-refractivity contribution in [2.24, 2.45) is 0 Å². The van der Waals surface area contributed by atoms with Crippen LogP contribution in [0.2, 0.25) is 0 Å². The molecule has 0 fully saturated rings. The summed E-state index contributed by atoms with van der Waals surface area (Å²) in [5, 5.41) is 14.8. The number of hydrogen-bond acceptors (Lipinski definition) is 5. The Bertz CT molecular complexity index is 633.